The van der Waals surface area contributed by atoms with Gasteiger partial charge < -0.3 is 5.32 Å². The van der Waals surface area contributed by atoms with Gasteiger partial charge in [0.2, 0.25) is 0 Å². The number of nitrogens with one attached hydrogen (secondary N) is 3. The van der Waals surface area contributed by atoms with Crippen molar-refractivity contribution >= 4 is 16.9 Å². The molecule has 0 saturated carbocycles. The average molecular weight is 352 g/mol. The van der Waals surface area contributed by atoms with E-state index in [1.54, 1.807) is 13.0 Å². The second kappa shape index (κ2) is 7.35. The number of amides is 1. The first-order chi connectivity index (χ1) is 12.4. The minimum atomic E-state index is -0.650. The maximum Gasteiger partial charge on any atom is 0.327 e. The zero-order chi connectivity index (χ0) is 18.7. The van der Waals surface area contributed by atoms with E-state index in [9.17, 15) is 14.4 Å². The summed E-state index contributed by atoms with van der Waals surface area (Å²) in [5.41, 5.74) is 0.906. The molecule has 0 fully saturated rings. The molecule has 0 saturated heterocycles. The highest BCUT2D eigenvalue weighted by molar-refractivity contribution is 5.95. The van der Waals surface area contributed by atoms with Crippen molar-refractivity contribution in [3.8, 4) is 0 Å². The van der Waals surface area contributed by atoms with E-state index in [0.29, 0.717) is 5.56 Å². The van der Waals surface area contributed by atoms with Crippen molar-refractivity contribution in [2.24, 2.45) is 0 Å². The number of carbonyl (C=O) groups is 1. The van der Waals surface area contributed by atoms with Crippen molar-refractivity contribution in [2.75, 3.05) is 0 Å². The van der Waals surface area contributed by atoms with Crippen molar-refractivity contribution in [1.29, 1.82) is 0 Å². The zero-order valence-corrected chi connectivity index (χ0v) is 14.6. The number of carbonyl (C=O) groups excluding carboxylic acids is 1. The molecule has 26 heavy (non-hydrogen) atoms. The number of fused-ring (bicyclic) bond motifs is 1. The van der Waals surface area contributed by atoms with Crippen molar-refractivity contribution in [2.45, 2.75) is 32.7 Å². The number of nitrogens with zero attached hydrogens (tertiary/aromatic N) is 1. The summed E-state index contributed by atoms with van der Waals surface area (Å²) >= 11 is 0. The van der Waals surface area contributed by atoms with Crippen molar-refractivity contribution in [1.82, 2.24) is 20.3 Å². The number of aromatic amines is 2. The van der Waals surface area contributed by atoms with Crippen molar-refractivity contribution in [3.63, 3.8) is 0 Å². The third-order valence-electron chi connectivity index (χ3n) is 4.22. The van der Waals surface area contributed by atoms with Gasteiger partial charge in [0.05, 0.1) is 5.39 Å². The molecule has 7 heteroatoms. The Labute approximate surface area is 149 Å². The first-order valence-electron chi connectivity index (χ1n) is 8.43. The molecular weight excluding hydrogens is 332 g/mol. The SMILES string of the molecule is Cc1cc(C(=O)NC(C)CCc2ccccc2)nc2[nH]c(=O)[nH]c(=O)c12. The van der Waals surface area contributed by atoms with Gasteiger partial charge in [-0.15, -0.1) is 0 Å². The van der Waals surface area contributed by atoms with Crippen LogP contribution in [0.2, 0.25) is 0 Å². The number of hydrogen-bond acceptors (Lipinski definition) is 4. The molecule has 1 atom stereocenters. The molecule has 1 aromatic carbocycles. The molecule has 3 aromatic rings. The number of aromatic nitrogens is 3. The molecule has 0 bridgehead atoms. The van der Waals surface area contributed by atoms with Crippen LogP contribution >= 0.6 is 0 Å². The van der Waals surface area contributed by atoms with E-state index in [0.717, 1.165) is 12.8 Å². The fourth-order valence-corrected chi connectivity index (χ4v) is 2.87. The van der Waals surface area contributed by atoms with Gasteiger partial charge >= 0.3 is 5.69 Å². The highest BCUT2D eigenvalue weighted by Gasteiger charge is 2.15. The lowest BCUT2D eigenvalue weighted by Gasteiger charge is -2.14. The molecule has 3 N–H and O–H groups in total. The number of pyridine rings is 1. The van der Waals surface area contributed by atoms with E-state index < -0.39 is 11.2 Å². The van der Waals surface area contributed by atoms with Crippen LogP contribution in [0.3, 0.4) is 0 Å². The summed E-state index contributed by atoms with van der Waals surface area (Å²) in [6.07, 6.45) is 1.65. The minimum Gasteiger partial charge on any atom is -0.348 e. The summed E-state index contributed by atoms with van der Waals surface area (Å²) < 4.78 is 0. The van der Waals surface area contributed by atoms with Gasteiger partial charge in [0.25, 0.3) is 11.5 Å². The molecule has 134 valence electrons. The minimum absolute atomic E-state index is 0.0428. The van der Waals surface area contributed by atoms with Crippen molar-refractivity contribution in [3.05, 3.63) is 74.1 Å². The summed E-state index contributed by atoms with van der Waals surface area (Å²) in [7, 11) is 0. The highest BCUT2D eigenvalue weighted by Crippen LogP contribution is 2.11. The van der Waals surface area contributed by atoms with Crippen LogP contribution in [0, 0.1) is 6.92 Å². The average Bonchev–Trinajstić information content (AvgIpc) is 2.59. The summed E-state index contributed by atoms with van der Waals surface area (Å²) in [6, 6.07) is 11.6. The van der Waals surface area contributed by atoms with Crippen LogP contribution in [-0.4, -0.2) is 26.9 Å². The first-order valence-corrected chi connectivity index (χ1v) is 8.43. The number of benzene rings is 1. The number of rotatable bonds is 5. The van der Waals surface area contributed by atoms with E-state index >= 15 is 0 Å². The third-order valence-corrected chi connectivity index (χ3v) is 4.22. The molecule has 1 amide bonds. The molecule has 2 heterocycles. The Kier molecular flexibility index (Phi) is 4.97. The summed E-state index contributed by atoms with van der Waals surface area (Å²) in [5, 5.41) is 3.18. The van der Waals surface area contributed by atoms with Crippen LogP contribution in [0.15, 0.2) is 46.0 Å². The predicted octanol–water partition coefficient (Wildman–Crippen LogP) is 1.67. The van der Waals surface area contributed by atoms with Crippen LogP contribution in [0.1, 0.15) is 35.0 Å². The Hall–Kier alpha value is -3.22. The Bertz CT molecular complexity index is 1050. The Morgan fingerprint density at radius 3 is 2.65 bits per heavy atom. The smallest absolute Gasteiger partial charge is 0.327 e. The number of aryl methyl sites for hydroxylation is 2. The number of hydrogen-bond donors (Lipinski definition) is 3. The quantitative estimate of drug-likeness (QED) is 0.649. The van der Waals surface area contributed by atoms with Crippen LogP contribution < -0.4 is 16.6 Å². The van der Waals surface area contributed by atoms with Crippen LogP contribution in [0.5, 0.6) is 0 Å². The lowest BCUT2D eigenvalue weighted by Crippen LogP contribution is -2.34. The Balaban J connectivity index is 1.75. The van der Waals surface area contributed by atoms with Crippen LogP contribution in [-0.2, 0) is 6.42 Å². The van der Waals surface area contributed by atoms with E-state index in [2.05, 4.69) is 32.4 Å². The van der Waals surface area contributed by atoms with Gasteiger partial charge in [-0.1, -0.05) is 30.3 Å². The monoisotopic (exact) mass is 352 g/mol. The maximum atomic E-state index is 12.5. The molecule has 0 radical (unpaired) electrons. The molecule has 2 aromatic heterocycles. The van der Waals surface area contributed by atoms with Gasteiger partial charge in [-0.25, -0.2) is 9.78 Å². The zero-order valence-electron chi connectivity index (χ0n) is 14.6. The second-order valence-electron chi connectivity index (χ2n) is 6.36. The lowest BCUT2D eigenvalue weighted by molar-refractivity contribution is 0.0933. The highest BCUT2D eigenvalue weighted by atomic mass is 16.2. The normalized spacial score (nSPS) is 12.1. The van der Waals surface area contributed by atoms with Gasteiger partial charge in [-0.2, -0.15) is 0 Å². The predicted molar refractivity (Wildman–Crippen MR) is 99.4 cm³/mol. The van der Waals surface area contributed by atoms with Crippen molar-refractivity contribution < 1.29 is 4.79 Å². The van der Waals surface area contributed by atoms with Gasteiger partial charge in [-0.05, 0) is 43.9 Å². The first kappa shape index (κ1) is 17.6. The largest absolute Gasteiger partial charge is 0.348 e. The standard InChI is InChI=1S/C19H20N4O3/c1-11-10-14(21-16-15(11)18(25)23-19(26)22-16)17(24)20-12(2)8-9-13-6-4-3-5-7-13/h3-7,10,12H,8-9H2,1-2H3,(H,20,24)(H2,21,22,23,25,26). The molecule has 0 aliphatic rings. The fraction of sp³-hybridized carbons (Fsp3) is 0.263. The van der Waals surface area contributed by atoms with Gasteiger partial charge in [0, 0.05) is 6.04 Å². The maximum absolute atomic E-state index is 12.5. The van der Waals surface area contributed by atoms with Gasteiger partial charge in [0.1, 0.15) is 11.3 Å². The van der Waals surface area contributed by atoms with Gasteiger partial charge in [-0.3, -0.25) is 19.6 Å². The second-order valence-corrected chi connectivity index (χ2v) is 6.36. The third kappa shape index (κ3) is 3.88. The summed E-state index contributed by atoms with van der Waals surface area (Å²) in [5.74, 6) is -0.336. The molecular formula is C19H20N4O3. The topological polar surface area (TPSA) is 108 Å². The number of H-pyrrole nitrogens is 2. The lowest BCUT2D eigenvalue weighted by atomic mass is 10.1. The molecule has 0 aliphatic heterocycles. The van der Waals surface area contributed by atoms with Crippen LogP contribution in [0.4, 0.5) is 0 Å². The Morgan fingerprint density at radius 1 is 1.19 bits per heavy atom. The van der Waals surface area contributed by atoms with E-state index in [1.165, 1.54) is 5.56 Å². The molecule has 3 rings (SSSR count). The van der Waals surface area contributed by atoms with E-state index in [-0.39, 0.29) is 28.7 Å². The fourth-order valence-electron chi connectivity index (χ4n) is 2.87. The Morgan fingerprint density at radius 2 is 1.92 bits per heavy atom. The summed E-state index contributed by atoms with van der Waals surface area (Å²) in [4.78, 5) is 44.6. The van der Waals surface area contributed by atoms with Gasteiger partial charge in [0.15, 0.2) is 0 Å². The molecule has 0 spiro atoms. The molecule has 0 aliphatic carbocycles. The van der Waals surface area contributed by atoms with E-state index in [1.807, 2.05) is 25.1 Å². The molecule has 1 unspecified atom stereocenters. The summed E-state index contributed by atoms with van der Waals surface area (Å²) in [6.45, 7) is 3.63. The molecule has 7 nitrogen and oxygen atoms in total. The van der Waals surface area contributed by atoms with E-state index in [4.69, 9.17) is 0 Å². The van der Waals surface area contributed by atoms with Crippen LogP contribution in [0.25, 0.3) is 11.0 Å².